The maximum atomic E-state index is 11.1. The van der Waals surface area contributed by atoms with Crippen LogP contribution in [0.25, 0.3) is 0 Å². The van der Waals surface area contributed by atoms with Crippen LogP contribution >= 0.6 is 11.6 Å². The van der Waals surface area contributed by atoms with Crippen molar-refractivity contribution in [2.45, 2.75) is 13.0 Å². The number of methoxy groups -OCH3 is 1. The van der Waals surface area contributed by atoms with Crippen molar-refractivity contribution >= 4 is 23.3 Å². The zero-order valence-corrected chi connectivity index (χ0v) is 8.84. The predicted molar refractivity (Wildman–Crippen MR) is 56.6 cm³/mol. The maximum absolute atomic E-state index is 11.1. The Bertz CT molecular complexity index is 328. The minimum atomic E-state index is -0.403. The molecule has 0 aromatic heterocycles. The minimum absolute atomic E-state index is 0.315. The number of anilines is 1. The van der Waals surface area contributed by atoms with Crippen LogP contribution in [0.2, 0.25) is 5.02 Å². The molecular weight excluding hydrogens is 202 g/mol. The van der Waals surface area contributed by atoms with Gasteiger partial charge in [0.2, 0.25) is 0 Å². The van der Waals surface area contributed by atoms with Crippen molar-refractivity contribution in [2.24, 2.45) is 0 Å². The molecule has 0 saturated heterocycles. The number of hydrogen-bond donors (Lipinski definition) is 1. The summed E-state index contributed by atoms with van der Waals surface area (Å²) in [7, 11) is 1.35. The van der Waals surface area contributed by atoms with Crippen LogP contribution in [0.4, 0.5) is 5.69 Å². The summed E-state index contributed by atoms with van der Waals surface area (Å²) in [6.45, 7) is 1.72. The highest BCUT2D eigenvalue weighted by Crippen LogP contribution is 2.21. The highest BCUT2D eigenvalue weighted by molar-refractivity contribution is 6.33. The molecule has 0 amide bonds. The molecule has 0 saturated carbocycles. The monoisotopic (exact) mass is 213 g/mol. The molecule has 0 radical (unpaired) electrons. The van der Waals surface area contributed by atoms with E-state index in [-0.39, 0.29) is 5.97 Å². The molecule has 3 nitrogen and oxygen atoms in total. The maximum Gasteiger partial charge on any atom is 0.327 e. The van der Waals surface area contributed by atoms with Crippen LogP contribution in [0.5, 0.6) is 0 Å². The first kappa shape index (κ1) is 10.9. The lowest BCUT2D eigenvalue weighted by atomic mass is 10.2. The molecule has 0 aliphatic carbocycles. The molecule has 1 aromatic rings. The van der Waals surface area contributed by atoms with Crippen LogP contribution in [0.1, 0.15) is 6.92 Å². The van der Waals surface area contributed by atoms with Crippen molar-refractivity contribution in [3.63, 3.8) is 0 Å². The Labute approximate surface area is 88.0 Å². The third kappa shape index (κ3) is 2.64. The van der Waals surface area contributed by atoms with Crippen molar-refractivity contribution in [3.8, 4) is 0 Å². The zero-order chi connectivity index (χ0) is 10.6. The number of nitrogens with one attached hydrogen (secondary N) is 1. The van der Waals surface area contributed by atoms with E-state index in [0.717, 1.165) is 5.69 Å². The number of ether oxygens (including phenoxy) is 1. The van der Waals surface area contributed by atoms with E-state index in [4.69, 9.17) is 11.6 Å². The smallest absolute Gasteiger partial charge is 0.327 e. The zero-order valence-electron chi connectivity index (χ0n) is 8.08. The van der Waals surface area contributed by atoms with Gasteiger partial charge in [0.05, 0.1) is 17.8 Å². The molecule has 0 aliphatic heterocycles. The first-order valence-electron chi connectivity index (χ1n) is 4.24. The molecule has 0 fully saturated rings. The fourth-order valence-corrected chi connectivity index (χ4v) is 1.24. The van der Waals surface area contributed by atoms with Crippen molar-refractivity contribution in [3.05, 3.63) is 29.3 Å². The number of hydrogen-bond acceptors (Lipinski definition) is 3. The van der Waals surface area contributed by atoms with E-state index in [1.807, 2.05) is 18.2 Å². The van der Waals surface area contributed by atoms with Gasteiger partial charge in [-0.05, 0) is 19.1 Å². The second-order valence-corrected chi connectivity index (χ2v) is 3.28. The van der Waals surface area contributed by atoms with Crippen molar-refractivity contribution in [2.75, 3.05) is 12.4 Å². The molecule has 14 heavy (non-hydrogen) atoms. The van der Waals surface area contributed by atoms with Crippen LogP contribution < -0.4 is 5.32 Å². The van der Waals surface area contributed by atoms with Crippen LogP contribution in [0, 0.1) is 0 Å². The Kier molecular flexibility index (Phi) is 3.77. The van der Waals surface area contributed by atoms with Gasteiger partial charge in [0, 0.05) is 0 Å². The van der Waals surface area contributed by atoms with Crippen LogP contribution in [0.3, 0.4) is 0 Å². The third-order valence-corrected chi connectivity index (χ3v) is 2.13. The van der Waals surface area contributed by atoms with E-state index < -0.39 is 6.04 Å². The van der Waals surface area contributed by atoms with Crippen molar-refractivity contribution in [1.82, 2.24) is 0 Å². The number of benzene rings is 1. The average Bonchev–Trinajstić information content (AvgIpc) is 2.20. The van der Waals surface area contributed by atoms with Crippen LogP contribution in [-0.2, 0) is 9.53 Å². The van der Waals surface area contributed by atoms with E-state index in [9.17, 15) is 4.79 Å². The first-order chi connectivity index (χ1) is 6.65. The SMILES string of the molecule is COC(=O)[C@H](C)Nc1ccccc1Cl. The van der Waals surface area contributed by atoms with Gasteiger partial charge in [-0.1, -0.05) is 23.7 Å². The number of carbonyl (C=O) groups is 1. The first-order valence-corrected chi connectivity index (χ1v) is 4.62. The molecule has 0 unspecified atom stereocenters. The van der Waals surface area contributed by atoms with Gasteiger partial charge in [0.15, 0.2) is 0 Å². The van der Waals surface area contributed by atoms with Gasteiger partial charge in [0.1, 0.15) is 6.04 Å². The fourth-order valence-electron chi connectivity index (χ4n) is 1.05. The lowest BCUT2D eigenvalue weighted by Crippen LogP contribution is -2.27. The predicted octanol–water partition coefficient (Wildman–Crippen LogP) is 2.31. The summed E-state index contributed by atoms with van der Waals surface area (Å²) >= 11 is 5.90. The van der Waals surface area contributed by atoms with E-state index in [1.54, 1.807) is 13.0 Å². The second kappa shape index (κ2) is 4.86. The summed E-state index contributed by atoms with van der Waals surface area (Å²) in [5, 5.41) is 3.54. The Morgan fingerprint density at radius 3 is 2.71 bits per heavy atom. The standard InChI is InChI=1S/C10H12ClNO2/c1-7(10(13)14-2)12-9-6-4-3-5-8(9)11/h3-7,12H,1-2H3/t7-/m0/s1. The summed E-state index contributed by atoms with van der Waals surface area (Å²) < 4.78 is 4.58. The van der Waals surface area contributed by atoms with Crippen molar-refractivity contribution in [1.29, 1.82) is 0 Å². The summed E-state index contributed by atoms with van der Waals surface area (Å²) in [6.07, 6.45) is 0. The summed E-state index contributed by atoms with van der Waals surface area (Å²) in [5.41, 5.74) is 0.729. The molecular formula is C10H12ClNO2. The van der Waals surface area contributed by atoms with Crippen molar-refractivity contribution < 1.29 is 9.53 Å². The van der Waals surface area contributed by atoms with Gasteiger partial charge in [-0.3, -0.25) is 0 Å². The van der Waals surface area contributed by atoms with Crippen LogP contribution in [0.15, 0.2) is 24.3 Å². The highest BCUT2D eigenvalue weighted by atomic mass is 35.5. The number of carbonyl (C=O) groups excluding carboxylic acids is 1. The molecule has 1 N–H and O–H groups in total. The Hall–Kier alpha value is -1.22. The summed E-state index contributed by atoms with van der Waals surface area (Å²) in [4.78, 5) is 11.1. The molecule has 1 atom stereocenters. The van der Waals surface area contributed by atoms with Gasteiger partial charge < -0.3 is 10.1 Å². The minimum Gasteiger partial charge on any atom is -0.467 e. The number of halogens is 1. The lowest BCUT2D eigenvalue weighted by molar-refractivity contribution is -0.141. The summed E-state index contributed by atoms with van der Waals surface area (Å²) in [5.74, 6) is -0.315. The van der Waals surface area contributed by atoms with Gasteiger partial charge in [-0.2, -0.15) is 0 Å². The average molecular weight is 214 g/mol. The number of para-hydroxylation sites is 1. The van der Waals surface area contributed by atoms with Gasteiger partial charge in [0.25, 0.3) is 0 Å². The van der Waals surface area contributed by atoms with E-state index in [0.29, 0.717) is 5.02 Å². The van der Waals surface area contributed by atoms with Gasteiger partial charge >= 0.3 is 5.97 Å². The number of rotatable bonds is 3. The van der Waals surface area contributed by atoms with Crippen LogP contribution in [-0.4, -0.2) is 19.1 Å². The molecule has 0 heterocycles. The Morgan fingerprint density at radius 2 is 2.14 bits per heavy atom. The second-order valence-electron chi connectivity index (χ2n) is 2.87. The fraction of sp³-hybridized carbons (Fsp3) is 0.300. The Balaban J connectivity index is 2.69. The molecule has 4 heteroatoms. The normalized spacial score (nSPS) is 11.9. The molecule has 1 rings (SSSR count). The highest BCUT2D eigenvalue weighted by Gasteiger charge is 2.13. The molecule has 0 bridgehead atoms. The lowest BCUT2D eigenvalue weighted by Gasteiger charge is -2.13. The van der Waals surface area contributed by atoms with E-state index >= 15 is 0 Å². The number of esters is 1. The van der Waals surface area contributed by atoms with Gasteiger partial charge in [-0.25, -0.2) is 4.79 Å². The quantitative estimate of drug-likeness (QED) is 0.784. The third-order valence-electron chi connectivity index (χ3n) is 1.80. The Morgan fingerprint density at radius 1 is 1.50 bits per heavy atom. The molecule has 0 spiro atoms. The largest absolute Gasteiger partial charge is 0.467 e. The molecule has 76 valence electrons. The molecule has 0 aliphatic rings. The van der Waals surface area contributed by atoms with E-state index in [1.165, 1.54) is 7.11 Å². The summed E-state index contributed by atoms with van der Waals surface area (Å²) in [6, 6.07) is 6.84. The topological polar surface area (TPSA) is 38.3 Å². The van der Waals surface area contributed by atoms with Gasteiger partial charge in [-0.15, -0.1) is 0 Å². The van der Waals surface area contributed by atoms with E-state index in [2.05, 4.69) is 10.1 Å². The molecule has 1 aromatic carbocycles.